The Hall–Kier alpha value is -1.95. The predicted molar refractivity (Wildman–Crippen MR) is 107 cm³/mol. The molecule has 0 fully saturated rings. The van der Waals surface area contributed by atoms with Crippen molar-refractivity contribution in [2.75, 3.05) is 26.0 Å². The molecule has 1 heterocycles. The van der Waals surface area contributed by atoms with Gasteiger partial charge in [0.2, 0.25) is 11.8 Å². The lowest BCUT2D eigenvalue weighted by Crippen LogP contribution is -2.33. The fourth-order valence-corrected chi connectivity index (χ4v) is 3.47. The summed E-state index contributed by atoms with van der Waals surface area (Å²) in [5.41, 5.74) is 1.81. The number of oxazole rings is 1. The molecule has 6 heteroatoms. The largest absolute Gasteiger partial charge is 0.497 e. The second-order valence-corrected chi connectivity index (χ2v) is 7.06. The SMILES string of the molecule is CCCCN(CC)C(=O)CSCc1nc(-c2ccc(OC)cc2)oc1C. The zero-order valence-electron chi connectivity index (χ0n) is 16.1. The molecule has 1 aromatic carbocycles. The van der Waals surface area contributed by atoms with E-state index in [4.69, 9.17) is 9.15 Å². The summed E-state index contributed by atoms with van der Waals surface area (Å²) in [4.78, 5) is 18.8. The molecule has 142 valence electrons. The van der Waals surface area contributed by atoms with Crippen molar-refractivity contribution in [3.8, 4) is 17.2 Å². The van der Waals surface area contributed by atoms with Crippen LogP contribution in [0.3, 0.4) is 0 Å². The van der Waals surface area contributed by atoms with Gasteiger partial charge < -0.3 is 14.1 Å². The highest BCUT2D eigenvalue weighted by atomic mass is 32.2. The average Bonchev–Trinajstić information content (AvgIpc) is 3.03. The fourth-order valence-electron chi connectivity index (χ4n) is 2.55. The van der Waals surface area contributed by atoms with Crippen LogP contribution in [0.2, 0.25) is 0 Å². The second-order valence-electron chi connectivity index (χ2n) is 6.07. The van der Waals surface area contributed by atoms with E-state index in [0.29, 0.717) is 17.4 Å². The van der Waals surface area contributed by atoms with Crippen LogP contribution in [0.25, 0.3) is 11.5 Å². The van der Waals surface area contributed by atoms with E-state index in [1.165, 1.54) is 0 Å². The predicted octanol–water partition coefficient (Wildman–Crippen LogP) is 4.54. The Balaban J connectivity index is 1.91. The lowest BCUT2D eigenvalue weighted by atomic mass is 10.2. The monoisotopic (exact) mass is 376 g/mol. The molecule has 1 aromatic heterocycles. The molecule has 0 radical (unpaired) electrons. The smallest absolute Gasteiger partial charge is 0.232 e. The van der Waals surface area contributed by atoms with E-state index in [1.54, 1.807) is 18.9 Å². The fraction of sp³-hybridized carbons (Fsp3) is 0.500. The van der Waals surface area contributed by atoms with Crippen molar-refractivity contribution in [1.29, 1.82) is 0 Å². The third kappa shape index (κ3) is 5.53. The second kappa shape index (κ2) is 10.3. The Morgan fingerprint density at radius 2 is 2.00 bits per heavy atom. The van der Waals surface area contributed by atoms with Gasteiger partial charge in [0.1, 0.15) is 11.5 Å². The zero-order chi connectivity index (χ0) is 18.9. The minimum absolute atomic E-state index is 0.197. The third-order valence-electron chi connectivity index (χ3n) is 4.21. The molecule has 26 heavy (non-hydrogen) atoms. The van der Waals surface area contributed by atoms with Crippen molar-refractivity contribution in [1.82, 2.24) is 9.88 Å². The van der Waals surface area contributed by atoms with E-state index >= 15 is 0 Å². The molecular formula is C20H28N2O3S. The summed E-state index contributed by atoms with van der Waals surface area (Å²) in [7, 11) is 1.64. The van der Waals surface area contributed by atoms with Crippen LogP contribution in [0, 0.1) is 6.92 Å². The standard InChI is InChI=1S/C20H28N2O3S/c1-5-7-12-22(6-2)19(23)14-26-13-18-15(3)25-20(21-18)16-8-10-17(24-4)11-9-16/h8-11H,5-7,12-14H2,1-4H3. The molecule has 1 amide bonds. The molecule has 0 saturated carbocycles. The van der Waals surface area contributed by atoms with E-state index < -0.39 is 0 Å². The first kappa shape index (κ1) is 20.4. The van der Waals surface area contributed by atoms with E-state index in [2.05, 4.69) is 11.9 Å². The maximum Gasteiger partial charge on any atom is 0.232 e. The molecular weight excluding hydrogens is 348 g/mol. The number of ether oxygens (including phenoxy) is 1. The molecule has 0 aliphatic carbocycles. The van der Waals surface area contributed by atoms with Crippen molar-refractivity contribution in [2.24, 2.45) is 0 Å². The van der Waals surface area contributed by atoms with Crippen LogP contribution in [0.4, 0.5) is 0 Å². The molecule has 2 rings (SSSR count). The van der Waals surface area contributed by atoms with Crippen molar-refractivity contribution in [3.05, 3.63) is 35.7 Å². The number of hydrogen-bond donors (Lipinski definition) is 0. The highest BCUT2D eigenvalue weighted by Crippen LogP contribution is 2.26. The molecule has 2 aromatic rings. The summed E-state index contributed by atoms with van der Waals surface area (Å²) in [5.74, 6) is 3.54. The van der Waals surface area contributed by atoms with E-state index in [9.17, 15) is 4.79 Å². The van der Waals surface area contributed by atoms with Gasteiger partial charge in [-0.15, -0.1) is 11.8 Å². The lowest BCUT2D eigenvalue weighted by Gasteiger charge is -2.20. The molecule has 0 atom stereocenters. The average molecular weight is 377 g/mol. The summed E-state index contributed by atoms with van der Waals surface area (Å²) in [6, 6.07) is 7.63. The number of carbonyl (C=O) groups excluding carboxylic acids is 1. The summed E-state index contributed by atoms with van der Waals surface area (Å²) >= 11 is 1.59. The maximum absolute atomic E-state index is 12.3. The van der Waals surface area contributed by atoms with Crippen LogP contribution in [0.5, 0.6) is 5.75 Å². The van der Waals surface area contributed by atoms with Crippen LogP contribution < -0.4 is 4.74 Å². The van der Waals surface area contributed by atoms with Gasteiger partial charge in [-0.05, 0) is 44.5 Å². The number of aromatic nitrogens is 1. The Kier molecular flexibility index (Phi) is 8.04. The van der Waals surface area contributed by atoms with Crippen molar-refractivity contribution < 1.29 is 13.9 Å². The summed E-state index contributed by atoms with van der Waals surface area (Å²) in [6.45, 7) is 7.69. The third-order valence-corrected chi connectivity index (χ3v) is 5.14. The number of amides is 1. The molecule has 5 nitrogen and oxygen atoms in total. The Bertz CT molecular complexity index is 698. The lowest BCUT2D eigenvalue weighted by molar-refractivity contribution is -0.128. The highest BCUT2D eigenvalue weighted by molar-refractivity contribution is 7.99. The highest BCUT2D eigenvalue weighted by Gasteiger charge is 2.14. The molecule has 0 unspecified atom stereocenters. The number of aryl methyl sites for hydroxylation is 1. The van der Waals surface area contributed by atoms with Crippen LogP contribution in [0.15, 0.2) is 28.7 Å². The molecule has 0 aliphatic rings. The summed E-state index contributed by atoms with van der Waals surface area (Å²) in [6.07, 6.45) is 2.15. The number of thioether (sulfide) groups is 1. The van der Waals surface area contributed by atoms with Gasteiger partial charge in [0.15, 0.2) is 0 Å². The molecule has 0 saturated heterocycles. The van der Waals surface area contributed by atoms with Gasteiger partial charge >= 0.3 is 0 Å². The number of benzene rings is 1. The number of nitrogens with zero attached hydrogens (tertiary/aromatic N) is 2. The van der Waals surface area contributed by atoms with Crippen LogP contribution >= 0.6 is 11.8 Å². The summed E-state index contributed by atoms with van der Waals surface area (Å²) < 4.78 is 11.0. The van der Waals surface area contributed by atoms with Gasteiger partial charge in [-0.3, -0.25) is 4.79 Å². The normalized spacial score (nSPS) is 10.8. The van der Waals surface area contributed by atoms with Gasteiger partial charge in [0, 0.05) is 24.4 Å². The zero-order valence-corrected chi connectivity index (χ0v) is 16.9. The van der Waals surface area contributed by atoms with Crippen molar-refractivity contribution in [3.63, 3.8) is 0 Å². The van der Waals surface area contributed by atoms with E-state index in [-0.39, 0.29) is 5.91 Å². The first-order chi connectivity index (χ1) is 12.6. The number of rotatable bonds is 10. The number of methoxy groups -OCH3 is 1. The first-order valence-electron chi connectivity index (χ1n) is 9.05. The summed E-state index contributed by atoms with van der Waals surface area (Å²) in [5, 5.41) is 0. The quantitative estimate of drug-likeness (QED) is 0.609. The number of hydrogen-bond acceptors (Lipinski definition) is 5. The molecule has 0 aliphatic heterocycles. The van der Waals surface area contributed by atoms with Crippen LogP contribution in [0.1, 0.15) is 38.1 Å². The van der Waals surface area contributed by atoms with E-state index in [1.807, 2.05) is 43.0 Å². The van der Waals surface area contributed by atoms with Gasteiger partial charge in [0.05, 0.1) is 18.6 Å². The van der Waals surface area contributed by atoms with Crippen molar-refractivity contribution >= 4 is 17.7 Å². The first-order valence-corrected chi connectivity index (χ1v) is 10.2. The van der Waals surface area contributed by atoms with Gasteiger partial charge in [-0.25, -0.2) is 4.98 Å². The van der Waals surface area contributed by atoms with Gasteiger partial charge in [0.25, 0.3) is 0 Å². The minimum Gasteiger partial charge on any atom is -0.497 e. The van der Waals surface area contributed by atoms with Gasteiger partial charge in [-0.1, -0.05) is 13.3 Å². The van der Waals surface area contributed by atoms with Gasteiger partial charge in [-0.2, -0.15) is 0 Å². The Labute approximate surface area is 160 Å². The molecule has 0 bridgehead atoms. The molecule has 0 spiro atoms. The minimum atomic E-state index is 0.197. The molecule has 0 N–H and O–H groups in total. The Morgan fingerprint density at radius 3 is 2.62 bits per heavy atom. The Morgan fingerprint density at radius 1 is 1.27 bits per heavy atom. The topological polar surface area (TPSA) is 55.6 Å². The number of carbonyl (C=O) groups is 1. The van der Waals surface area contributed by atoms with Crippen LogP contribution in [-0.2, 0) is 10.5 Å². The maximum atomic E-state index is 12.3. The van der Waals surface area contributed by atoms with Crippen LogP contribution in [-0.4, -0.2) is 41.7 Å². The van der Waals surface area contributed by atoms with Crippen molar-refractivity contribution in [2.45, 2.75) is 39.4 Å². The number of unbranched alkanes of at least 4 members (excludes halogenated alkanes) is 1. The van der Waals surface area contributed by atoms with E-state index in [0.717, 1.165) is 48.7 Å².